The van der Waals surface area contributed by atoms with Crippen LogP contribution in [0.1, 0.15) is 65.2 Å². The van der Waals surface area contributed by atoms with Gasteiger partial charge in [0.2, 0.25) is 0 Å². The third-order valence-electron chi connectivity index (χ3n) is 2.30. The van der Waals surface area contributed by atoms with E-state index in [2.05, 4.69) is 38.2 Å². The summed E-state index contributed by atoms with van der Waals surface area (Å²) in [4.78, 5) is 0. The van der Waals surface area contributed by atoms with Crippen LogP contribution in [0.3, 0.4) is 0 Å². The number of allylic oxidation sites excluding steroid dienone is 4. The first-order chi connectivity index (χ1) is 6.91. The van der Waals surface area contributed by atoms with Crippen molar-refractivity contribution < 1.29 is 0 Å². The average molecular weight is 194 g/mol. The first-order valence-corrected chi connectivity index (χ1v) is 6.21. The summed E-state index contributed by atoms with van der Waals surface area (Å²) in [5.74, 6) is 0. The van der Waals surface area contributed by atoms with E-state index in [4.69, 9.17) is 0 Å². The third-order valence-corrected chi connectivity index (χ3v) is 2.30. The Hall–Kier alpha value is -0.520. The highest BCUT2D eigenvalue weighted by Gasteiger charge is 1.81. The van der Waals surface area contributed by atoms with Gasteiger partial charge in [0.05, 0.1) is 0 Å². The van der Waals surface area contributed by atoms with Gasteiger partial charge < -0.3 is 0 Å². The summed E-state index contributed by atoms with van der Waals surface area (Å²) in [5, 5.41) is 0. The zero-order valence-corrected chi connectivity index (χ0v) is 9.97. The molecule has 0 aliphatic carbocycles. The van der Waals surface area contributed by atoms with Gasteiger partial charge in [0.1, 0.15) is 0 Å². The second-order valence-corrected chi connectivity index (χ2v) is 3.82. The van der Waals surface area contributed by atoms with Crippen molar-refractivity contribution in [1.82, 2.24) is 0 Å². The highest BCUT2D eigenvalue weighted by atomic mass is 13.9. The Labute approximate surface area is 90.1 Å². The predicted octanol–water partition coefficient (Wildman–Crippen LogP) is 5.26. The van der Waals surface area contributed by atoms with Crippen molar-refractivity contribution in [2.45, 2.75) is 65.2 Å². The van der Waals surface area contributed by atoms with Crippen LogP contribution in [0, 0.1) is 0 Å². The van der Waals surface area contributed by atoms with Gasteiger partial charge in [0.15, 0.2) is 0 Å². The van der Waals surface area contributed by atoms with Crippen LogP contribution < -0.4 is 0 Å². The fraction of sp³-hybridized carbons (Fsp3) is 0.714. The Bertz CT molecular complexity index is 142. The third kappa shape index (κ3) is 11.5. The Morgan fingerprint density at radius 1 is 0.643 bits per heavy atom. The topological polar surface area (TPSA) is 0 Å². The minimum absolute atomic E-state index is 1.12. The smallest absolute Gasteiger partial charge is 0.0169 e. The van der Waals surface area contributed by atoms with E-state index >= 15 is 0 Å². The number of hydrogen-bond donors (Lipinski definition) is 0. The van der Waals surface area contributed by atoms with Gasteiger partial charge in [-0.2, -0.15) is 0 Å². The van der Waals surface area contributed by atoms with Gasteiger partial charge in [0.25, 0.3) is 0 Å². The molecule has 0 heterocycles. The summed E-state index contributed by atoms with van der Waals surface area (Å²) in [6, 6.07) is 0. The van der Waals surface area contributed by atoms with Crippen molar-refractivity contribution in [3.63, 3.8) is 0 Å². The van der Waals surface area contributed by atoms with Crippen LogP contribution in [0.4, 0.5) is 0 Å². The number of rotatable bonds is 9. The van der Waals surface area contributed by atoms with Gasteiger partial charge in [-0.25, -0.2) is 0 Å². The van der Waals surface area contributed by atoms with Crippen molar-refractivity contribution in [2.24, 2.45) is 0 Å². The van der Waals surface area contributed by atoms with E-state index in [9.17, 15) is 0 Å². The minimum atomic E-state index is 1.12. The molecule has 0 unspecified atom stereocenters. The second kappa shape index (κ2) is 12.5. The summed E-state index contributed by atoms with van der Waals surface area (Å²) in [7, 11) is 0. The van der Waals surface area contributed by atoms with E-state index < -0.39 is 0 Å². The van der Waals surface area contributed by atoms with Crippen molar-refractivity contribution in [1.29, 1.82) is 0 Å². The normalized spacial score (nSPS) is 11.9. The first-order valence-electron chi connectivity index (χ1n) is 6.21. The standard InChI is InChI=1S/C14H26/c1-3-5-7-9-11-13-14-12-10-8-6-4-2/h9,11-12,14H,3-8,10,13H2,1-2H3. The van der Waals surface area contributed by atoms with E-state index in [0.717, 1.165) is 6.42 Å². The lowest BCUT2D eigenvalue weighted by molar-refractivity contribution is 0.728. The molecule has 0 radical (unpaired) electrons. The maximum absolute atomic E-state index is 2.32. The van der Waals surface area contributed by atoms with Crippen LogP contribution >= 0.6 is 0 Å². The van der Waals surface area contributed by atoms with Crippen molar-refractivity contribution >= 4 is 0 Å². The van der Waals surface area contributed by atoms with Gasteiger partial charge in [-0.05, 0) is 25.7 Å². The molecule has 0 saturated carbocycles. The zero-order chi connectivity index (χ0) is 10.5. The van der Waals surface area contributed by atoms with E-state index in [1.807, 2.05) is 0 Å². The SMILES string of the molecule is CCCCC=CCC=CCCCCC. The predicted molar refractivity (Wildman–Crippen MR) is 66.6 cm³/mol. The quantitative estimate of drug-likeness (QED) is 0.347. The van der Waals surface area contributed by atoms with Gasteiger partial charge >= 0.3 is 0 Å². The van der Waals surface area contributed by atoms with Gasteiger partial charge in [0, 0.05) is 0 Å². The fourth-order valence-corrected chi connectivity index (χ4v) is 1.34. The minimum Gasteiger partial charge on any atom is -0.0882 e. The van der Waals surface area contributed by atoms with E-state index in [0.29, 0.717) is 0 Å². The van der Waals surface area contributed by atoms with E-state index in [-0.39, 0.29) is 0 Å². The Balaban J connectivity index is 3.13. The molecule has 0 aliphatic rings. The van der Waals surface area contributed by atoms with Crippen LogP contribution in [0.25, 0.3) is 0 Å². The summed E-state index contributed by atoms with van der Waals surface area (Å²) in [6.45, 7) is 4.49. The van der Waals surface area contributed by atoms with E-state index in [1.54, 1.807) is 0 Å². The maximum atomic E-state index is 2.32. The highest BCUT2D eigenvalue weighted by molar-refractivity contribution is 4.92. The monoisotopic (exact) mass is 194 g/mol. The lowest BCUT2D eigenvalue weighted by Gasteiger charge is -1.91. The molecule has 0 atom stereocenters. The molecular weight excluding hydrogens is 168 g/mol. The maximum Gasteiger partial charge on any atom is -0.0169 e. The van der Waals surface area contributed by atoms with Crippen molar-refractivity contribution in [2.75, 3.05) is 0 Å². The summed E-state index contributed by atoms with van der Waals surface area (Å²) >= 11 is 0. The summed E-state index contributed by atoms with van der Waals surface area (Å²) in [6.07, 6.45) is 19.5. The Morgan fingerprint density at radius 3 is 1.79 bits per heavy atom. The lowest BCUT2D eigenvalue weighted by atomic mass is 10.2. The molecule has 0 aliphatic heterocycles. The Morgan fingerprint density at radius 2 is 1.21 bits per heavy atom. The van der Waals surface area contributed by atoms with Crippen LogP contribution in [0.5, 0.6) is 0 Å². The first kappa shape index (κ1) is 13.5. The molecule has 14 heavy (non-hydrogen) atoms. The molecule has 0 aromatic carbocycles. The van der Waals surface area contributed by atoms with Crippen LogP contribution in [0.2, 0.25) is 0 Å². The zero-order valence-electron chi connectivity index (χ0n) is 9.97. The molecule has 0 fully saturated rings. The molecule has 0 aromatic rings. The largest absolute Gasteiger partial charge is 0.0882 e. The Kier molecular flexibility index (Phi) is 12.0. The summed E-state index contributed by atoms with van der Waals surface area (Å²) < 4.78 is 0. The van der Waals surface area contributed by atoms with Crippen LogP contribution in [0.15, 0.2) is 24.3 Å². The molecule has 0 spiro atoms. The van der Waals surface area contributed by atoms with Gasteiger partial charge in [-0.3, -0.25) is 0 Å². The lowest BCUT2D eigenvalue weighted by Crippen LogP contribution is -1.70. The number of hydrogen-bond acceptors (Lipinski definition) is 0. The van der Waals surface area contributed by atoms with Crippen molar-refractivity contribution in [3.05, 3.63) is 24.3 Å². The summed E-state index contributed by atoms with van der Waals surface area (Å²) in [5.41, 5.74) is 0. The molecule has 0 heteroatoms. The highest BCUT2D eigenvalue weighted by Crippen LogP contribution is 2.01. The van der Waals surface area contributed by atoms with Gasteiger partial charge in [-0.1, -0.05) is 63.8 Å². The molecule has 82 valence electrons. The van der Waals surface area contributed by atoms with E-state index in [1.165, 1.54) is 44.9 Å². The average Bonchev–Trinajstić information content (AvgIpc) is 2.21. The molecular formula is C14H26. The molecule has 0 N–H and O–H groups in total. The molecule has 0 amide bonds. The molecule has 0 bridgehead atoms. The van der Waals surface area contributed by atoms with Crippen molar-refractivity contribution in [3.8, 4) is 0 Å². The fourth-order valence-electron chi connectivity index (χ4n) is 1.34. The van der Waals surface area contributed by atoms with Crippen LogP contribution in [-0.4, -0.2) is 0 Å². The second-order valence-electron chi connectivity index (χ2n) is 3.82. The van der Waals surface area contributed by atoms with Gasteiger partial charge in [-0.15, -0.1) is 0 Å². The molecule has 0 aromatic heterocycles. The van der Waals surface area contributed by atoms with Crippen LogP contribution in [-0.2, 0) is 0 Å². The molecule has 0 rings (SSSR count). The molecule has 0 nitrogen and oxygen atoms in total. The number of unbranched alkanes of at least 4 members (excludes halogenated alkanes) is 5. The molecule has 0 saturated heterocycles.